The van der Waals surface area contributed by atoms with Crippen LogP contribution in [0.25, 0.3) is 10.9 Å². The Morgan fingerprint density at radius 1 is 1.25 bits per heavy atom. The van der Waals surface area contributed by atoms with Gasteiger partial charge < -0.3 is 9.32 Å². The number of carbonyl (C=O) groups is 1. The predicted molar refractivity (Wildman–Crippen MR) is 76.2 cm³/mol. The first kappa shape index (κ1) is 12.4. The summed E-state index contributed by atoms with van der Waals surface area (Å²) in [5.41, 5.74) is 1.54. The summed E-state index contributed by atoms with van der Waals surface area (Å²) in [6.45, 7) is 0.455. The van der Waals surface area contributed by atoms with Gasteiger partial charge >= 0.3 is 0 Å². The highest BCUT2D eigenvalue weighted by molar-refractivity contribution is 5.97. The zero-order chi connectivity index (χ0) is 13.9. The normalized spacial score (nSPS) is 10.7. The summed E-state index contributed by atoms with van der Waals surface area (Å²) in [5.74, 6) is 0.732. The van der Waals surface area contributed by atoms with E-state index in [2.05, 4.69) is 4.98 Å². The van der Waals surface area contributed by atoms with Crippen molar-refractivity contribution in [2.24, 2.45) is 0 Å². The number of amides is 1. The van der Waals surface area contributed by atoms with Gasteiger partial charge in [-0.25, -0.2) is 0 Å². The largest absolute Gasteiger partial charge is 0.467 e. The van der Waals surface area contributed by atoms with Crippen LogP contribution in [0.1, 0.15) is 16.1 Å². The lowest BCUT2D eigenvalue weighted by atomic mass is 10.1. The van der Waals surface area contributed by atoms with Crippen molar-refractivity contribution in [1.82, 2.24) is 9.88 Å². The Bertz CT molecular complexity index is 735. The average molecular weight is 266 g/mol. The molecule has 100 valence electrons. The summed E-state index contributed by atoms with van der Waals surface area (Å²) in [7, 11) is 1.76. The minimum atomic E-state index is -0.0350. The van der Waals surface area contributed by atoms with Crippen LogP contribution >= 0.6 is 0 Å². The molecule has 0 saturated carbocycles. The lowest BCUT2D eigenvalue weighted by molar-refractivity contribution is 0.0775. The number of aromatic nitrogens is 1. The van der Waals surface area contributed by atoms with Crippen molar-refractivity contribution in [1.29, 1.82) is 0 Å². The average Bonchev–Trinajstić information content (AvgIpc) is 2.99. The molecule has 0 N–H and O–H groups in total. The van der Waals surface area contributed by atoms with Crippen LogP contribution in [0.3, 0.4) is 0 Å². The monoisotopic (exact) mass is 266 g/mol. The van der Waals surface area contributed by atoms with E-state index in [0.29, 0.717) is 12.1 Å². The SMILES string of the molecule is CN(Cc1ccco1)C(=O)c1ccc2ncccc2c1. The Morgan fingerprint density at radius 2 is 2.15 bits per heavy atom. The van der Waals surface area contributed by atoms with Gasteiger partial charge in [-0.3, -0.25) is 9.78 Å². The predicted octanol–water partition coefficient (Wildman–Crippen LogP) is 3.10. The highest BCUT2D eigenvalue weighted by Crippen LogP contribution is 2.15. The number of pyridine rings is 1. The van der Waals surface area contributed by atoms with Gasteiger partial charge in [0, 0.05) is 24.2 Å². The number of nitrogens with zero attached hydrogens (tertiary/aromatic N) is 2. The van der Waals surface area contributed by atoms with Crippen LogP contribution in [0.5, 0.6) is 0 Å². The molecular weight excluding hydrogens is 252 g/mol. The Morgan fingerprint density at radius 3 is 2.95 bits per heavy atom. The van der Waals surface area contributed by atoms with E-state index in [0.717, 1.165) is 16.7 Å². The number of fused-ring (bicyclic) bond motifs is 1. The summed E-state index contributed by atoms with van der Waals surface area (Å²) in [6.07, 6.45) is 3.35. The van der Waals surface area contributed by atoms with Gasteiger partial charge in [0.25, 0.3) is 5.91 Å². The fourth-order valence-corrected chi connectivity index (χ4v) is 2.14. The third-order valence-corrected chi connectivity index (χ3v) is 3.17. The molecular formula is C16H14N2O2. The first-order valence-corrected chi connectivity index (χ1v) is 6.37. The maximum Gasteiger partial charge on any atom is 0.254 e. The number of hydrogen-bond acceptors (Lipinski definition) is 3. The molecule has 2 heterocycles. The van der Waals surface area contributed by atoms with E-state index >= 15 is 0 Å². The molecule has 2 aromatic heterocycles. The van der Waals surface area contributed by atoms with E-state index in [1.54, 1.807) is 30.5 Å². The van der Waals surface area contributed by atoms with Crippen LogP contribution in [0.2, 0.25) is 0 Å². The van der Waals surface area contributed by atoms with Gasteiger partial charge in [0.1, 0.15) is 5.76 Å². The van der Waals surface area contributed by atoms with Gasteiger partial charge in [0.15, 0.2) is 0 Å². The summed E-state index contributed by atoms with van der Waals surface area (Å²) >= 11 is 0. The van der Waals surface area contributed by atoms with Gasteiger partial charge in [-0.15, -0.1) is 0 Å². The minimum Gasteiger partial charge on any atom is -0.467 e. The van der Waals surface area contributed by atoms with Crippen LogP contribution in [0.4, 0.5) is 0 Å². The molecule has 4 heteroatoms. The topological polar surface area (TPSA) is 46.3 Å². The second-order valence-corrected chi connectivity index (χ2v) is 4.65. The Labute approximate surface area is 116 Å². The highest BCUT2D eigenvalue weighted by atomic mass is 16.3. The van der Waals surface area contributed by atoms with Gasteiger partial charge in [-0.1, -0.05) is 6.07 Å². The van der Waals surface area contributed by atoms with Gasteiger partial charge in [-0.05, 0) is 36.4 Å². The van der Waals surface area contributed by atoms with Crippen molar-refractivity contribution >= 4 is 16.8 Å². The van der Waals surface area contributed by atoms with Crippen LogP contribution in [0.15, 0.2) is 59.3 Å². The molecule has 0 unspecified atom stereocenters. The fraction of sp³-hybridized carbons (Fsp3) is 0.125. The summed E-state index contributed by atoms with van der Waals surface area (Å²) in [6, 6.07) is 13.0. The van der Waals surface area contributed by atoms with Crippen LogP contribution in [0, 0.1) is 0 Å². The lowest BCUT2D eigenvalue weighted by Gasteiger charge is -2.16. The van der Waals surface area contributed by atoms with Crippen molar-refractivity contribution in [3.63, 3.8) is 0 Å². The van der Waals surface area contributed by atoms with Crippen molar-refractivity contribution in [3.8, 4) is 0 Å². The van der Waals surface area contributed by atoms with Crippen molar-refractivity contribution in [2.75, 3.05) is 7.05 Å². The van der Waals surface area contributed by atoms with Gasteiger partial charge in [0.2, 0.25) is 0 Å². The second-order valence-electron chi connectivity index (χ2n) is 4.65. The lowest BCUT2D eigenvalue weighted by Crippen LogP contribution is -2.25. The molecule has 0 fully saturated rings. The minimum absolute atomic E-state index is 0.0350. The Balaban J connectivity index is 1.84. The van der Waals surface area contributed by atoms with Gasteiger partial charge in [0.05, 0.1) is 18.3 Å². The summed E-state index contributed by atoms with van der Waals surface area (Å²) < 4.78 is 5.26. The molecule has 0 aliphatic carbocycles. The second kappa shape index (κ2) is 5.17. The number of hydrogen-bond donors (Lipinski definition) is 0. The molecule has 3 aromatic rings. The quantitative estimate of drug-likeness (QED) is 0.731. The molecule has 0 saturated heterocycles. The highest BCUT2D eigenvalue weighted by Gasteiger charge is 2.13. The molecule has 0 atom stereocenters. The Kier molecular flexibility index (Phi) is 3.21. The van der Waals surface area contributed by atoms with Crippen LogP contribution in [-0.4, -0.2) is 22.8 Å². The van der Waals surface area contributed by atoms with Crippen LogP contribution < -0.4 is 0 Å². The maximum atomic E-state index is 12.4. The van der Waals surface area contributed by atoms with Crippen molar-refractivity contribution in [2.45, 2.75) is 6.54 Å². The molecule has 0 radical (unpaired) electrons. The Hall–Kier alpha value is -2.62. The molecule has 4 nitrogen and oxygen atoms in total. The van der Waals surface area contributed by atoms with E-state index in [-0.39, 0.29) is 5.91 Å². The molecule has 20 heavy (non-hydrogen) atoms. The van der Waals surface area contributed by atoms with Gasteiger partial charge in [-0.2, -0.15) is 0 Å². The third-order valence-electron chi connectivity index (χ3n) is 3.17. The smallest absolute Gasteiger partial charge is 0.254 e. The fourth-order valence-electron chi connectivity index (χ4n) is 2.14. The number of benzene rings is 1. The summed E-state index contributed by atoms with van der Waals surface area (Å²) in [5, 5.41) is 0.963. The molecule has 1 amide bonds. The van der Waals surface area contributed by atoms with E-state index < -0.39 is 0 Å². The number of furan rings is 1. The maximum absolute atomic E-state index is 12.4. The standard InChI is InChI=1S/C16H14N2O2/c1-18(11-14-5-3-9-20-14)16(19)13-6-7-15-12(10-13)4-2-8-17-15/h2-10H,11H2,1H3. The first-order valence-electron chi connectivity index (χ1n) is 6.37. The van der Waals surface area contributed by atoms with Crippen LogP contribution in [-0.2, 0) is 6.54 Å². The molecule has 3 rings (SSSR count). The van der Waals surface area contributed by atoms with E-state index in [1.807, 2.05) is 36.4 Å². The van der Waals surface area contributed by atoms with E-state index in [9.17, 15) is 4.79 Å². The molecule has 0 bridgehead atoms. The van der Waals surface area contributed by atoms with Crippen molar-refractivity contribution < 1.29 is 9.21 Å². The molecule has 0 spiro atoms. The van der Waals surface area contributed by atoms with E-state index in [1.165, 1.54) is 0 Å². The molecule has 0 aliphatic rings. The van der Waals surface area contributed by atoms with E-state index in [4.69, 9.17) is 4.42 Å². The van der Waals surface area contributed by atoms with Crippen molar-refractivity contribution in [3.05, 3.63) is 66.2 Å². The zero-order valence-corrected chi connectivity index (χ0v) is 11.1. The third kappa shape index (κ3) is 2.40. The first-order chi connectivity index (χ1) is 9.74. The number of rotatable bonds is 3. The number of carbonyl (C=O) groups excluding carboxylic acids is 1. The summed E-state index contributed by atoms with van der Waals surface area (Å²) in [4.78, 5) is 18.3. The molecule has 0 aliphatic heterocycles. The zero-order valence-electron chi connectivity index (χ0n) is 11.1. The molecule has 1 aromatic carbocycles.